The maximum Gasteiger partial charge on any atom is 2.00 e. The minimum Gasteiger partial charge on any atom is -0.497 e. The van der Waals surface area contributed by atoms with Gasteiger partial charge < -0.3 is 32.8 Å². The van der Waals surface area contributed by atoms with E-state index in [9.17, 15) is 0 Å². The fourth-order valence-corrected chi connectivity index (χ4v) is 14.1. The molecule has 0 amide bonds. The Bertz CT molecular complexity index is 5540. The Morgan fingerprint density at radius 1 is 0.262 bits per heavy atom. The van der Waals surface area contributed by atoms with Crippen LogP contribution in [0.5, 0.6) is 34.5 Å². The number of hydrogen-bond acceptors (Lipinski definition) is 15. The molecule has 6 heterocycles. The molecule has 4 aromatic heterocycles. The molecule has 0 N–H and O–H groups in total. The van der Waals surface area contributed by atoms with Gasteiger partial charge in [0.05, 0.1) is 55.9 Å². The second-order valence-corrected chi connectivity index (χ2v) is 40.5. The van der Waals surface area contributed by atoms with Crippen LogP contribution in [0.4, 0.5) is 0 Å². The molecule has 10 aromatic carbocycles. The van der Waals surface area contributed by atoms with Crippen molar-refractivity contribution in [1.82, 2.24) is 40.8 Å². The van der Waals surface area contributed by atoms with Crippen LogP contribution in [0.25, 0.3) is 88.6 Å². The molecule has 0 saturated carbocycles. The van der Waals surface area contributed by atoms with E-state index >= 15 is 0 Å². The van der Waals surface area contributed by atoms with Crippen molar-refractivity contribution in [2.24, 2.45) is 0 Å². The second-order valence-electron chi connectivity index (χ2n) is 40.5. The summed E-state index contributed by atoms with van der Waals surface area (Å²) in [5.41, 5.74) is 16.7. The Balaban J connectivity index is 0.000000157. The van der Waals surface area contributed by atoms with E-state index in [0.717, 1.165) is 156 Å². The van der Waals surface area contributed by atoms with Crippen molar-refractivity contribution >= 4 is 68.8 Å². The molecule has 0 aliphatic carbocycles. The molecule has 0 radical (unpaired) electrons. The van der Waals surface area contributed by atoms with Gasteiger partial charge in [-0.2, -0.15) is 10.2 Å². The van der Waals surface area contributed by atoms with Crippen molar-refractivity contribution in [3.63, 3.8) is 0 Å². The second kappa shape index (κ2) is 33.7. The maximum absolute atomic E-state index is 6.65. The SMILES string of the molecule is CC(C)(C)c1cc(Oc2[c-]c(-c3cc4ccccc4nn3)cc(C(C)(C)C)c2)[c-]c(-c2cc3ccccc3nn2)c1.CC(C)(C)c1cc(Oc2cc(-c3cc4ccccc4nn3)cc(C(C)(C)C)c2)cc(-c2cc3ccccc3nn2)c1.CC(C)(C)c1cc(Oc2cc(B3OC(C)(C)C(C)(C)O3)cc(C(C)(C)C)c2)cc(B2OC(C)(C)C(C)(C)O2)c1.[Pt+2]. The number of aromatic nitrogens is 8. The Kier molecular flexibility index (Phi) is 24.7. The quantitative estimate of drug-likeness (QED) is 0.0836. The van der Waals surface area contributed by atoms with E-state index in [1.165, 1.54) is 0 Å². The largest absolute Gasteiger partial charge is 2.00 e. The third kappa shape index (κ3) is 20.4. The minimum atomic E-state index is -0.471. The first kappa shape index (κ1) is 89.4. The van der Waals surface area contributed by atoms with Gasteiger partial charge in [-0.05, 0) is 229 Å². The van der Waals surface area contributed by atoms with Gasteiger partial charge >= 0.3 is 35.3 Å². The third-order valence-corrected chi connectivity index (χ3v) is 23.4. The van der Waals surface area contributed by atoms with Crippen molar-refractivity contribution in [3.8, 4) is 79.5 Å². The third-order valence-electron chi connectivity index (χ3n) is 23.4. The molecule has 15 nitrogen and oxygen atoms in total. The Hall–Kier alpha value is -10.4. The van der Waals surface area contributed by atoms with Gasteiger partial charge in [0.1, 0.15) is 23.0 Å². The monoisotopic (exact) mass is 1800 g/mol. The summed E-state index contributed by atoms with van der Waals surface area (Å²) in [6.45, 7) is 56.2. The number of fused-ring (bicyclic) bond motifs is 4. The summed E-state index contributed by atoms with van der Waals surface area (Å²) in [6, 6.07) is 81.0. The van der Waals surface area contributed by atoms with E-state index in [2.05, 4.69) is 318 Å². The molecule has 122 heavy (non-hydrogen) atoms. The van der Waals surface area contributed by atoms with E-state index in [0.29, 0.717) is 11.5 Å². The number of ether oxygens (including phenoxy) is 3. The van der Waals surface area contributed by atoms with Gasteiger partial charge in [-0.3, -0.25) is 0 Å². The fraction of sp³-hybridized carbons (Fsp3) is 0.346. The normalized spacial score (nSPS) is 15.2. The predicted molar refractivity (Wildman–Crippen MR) is 494 cm³/mol. The summed E-state index contributed by atoms with van der Waals surface area (Å²) < 4.78 is 45.4. The smallest absolute Gasteiger partial charge is 0.497 e. The molecule has 18 heteroatoms. The molecule has 628 valence electrons. The molecule has 2 saturated heterocycles. The van der Waals surface area contributed by atoms with Gasteiger partial charge in [0, 0.05) is 44.8 Å². The maximum atomic E-state index is 6.65. The van der Waals surface area contributed by atoms with Crippen LogP contribution >= 0.6 is 0 Å². The van der Waals surface area contributed by atoms with Gasteiger partial charge in [-0.25, -0.2) is 10.2 Å². The summed E-state index contributed by atoms with van der Waals surface area (Å²) in [5, 5.41) is 40.1. The van der Waals surface area contributed by atoms with Crippen molar-refractivity contribution in [2.45, 2.75) is 235 Å². The summed E-state index contributed by atoms with van der Waals surface area (Å²) >= 11 is 0. The van der Waals surface area contributed by atoms with Gasteiger partial charge in [-0.15, -0.1) is 54.8 Å². The molecule has 0 bridgehead atoms. The predicted octanol–water partition coefficient (Wildman–Crippen LogP) is 24.9. The first-order valence-electron chi connectivity index (χ1n) is 42.0. The van der Waals surface area contributed by atoms with Crippen LogP contribution < -0.4 is 25.1 Å². The van der Waals surface area contributed by atoms with E-state index < -0.39 is 36.6 Å². The van der Waals surface area contributed by atoms with E-state index in [1.54, 1.807) is 0 Å². The molecular weight excluding hydrogens is 1690 g/mol. The van der Waals surface area contributed by atoms with Gasteiger partial charge in [-0.1, -0.05) is 246 Å². The molecular formula is C104H114B2N8O7Pt. The summed E-state index contributed by atoms with van der Waals surface area (Å²) in [6.07, 6.45) is 0. The fourth-order valence-electron chi connectivity index (χ4n) is 14.1. The summed E-state index contributed by atoms with van der Waals surface area (Å²) in [7, 11) is -0.943. The molecule has 0 unspecified atom stereocenters. The summed E-state index contributed by atoms with van der Waals surface area (Å²) in [4.78, 5) is 0. The topological polar surface area (TPSA) is 168 Å². The van der Waals surface area contributed by atoms with Crippen molar-refractivity contribution in [3.05, 3.63) is 264 Å². The molecule has 2 aliphatic heterocycles. The van der Waals surface area contributed by atoms with Gasteiger partial charge in [0.15, 0.2) is 0 Å². The Morgan fingerprint density at radius 3 is 0.795 bits per heavy atom. The average Bonchev–Trinajstić information content (AvgIpc) is 1.66. The molecule has 0 spiro atoms. The van der Waals surface area contributed by atoms with Crippen LogP contribution in [0.3, 0.4) is 0 Å². The van der Waals surface area contributed by atoms with E-state index in [-0.39, 0.29) is 53.6 Å². The van der Waals surface area contributed by atoms with Crippen LogP contribution in [0, 0.1) is 12.1 Å². The number of rotatable bonds is 12. The number of hydrogen-bond donors (Lipinski definition) is 0. The van der Waals surface area contributed by atoms with Crippen LogP contribution in [-0.2, 0) is 72.2 Å². The zero-order chi connectivity index (χ0) is 87.0. The van der Waals surface area contributed by atoms with Crippen LogP contribution in [0.15, 0.2) is 218 Å². The standard InChI is InChI=1S/C36H34N4O.C36H32N4O.C32H48B2O5.Pt/c2*1-35(2,3)27-15-25(33-19-23-11-7-9-13-31(23)37-39-33)17-29(21-27)41-30-18-26(16-28(22-30)36(4,5)6)34-20-24-12-8-10-14-32(24)38-40-34;1-27(2,3)21-15-23(33-36-29(7,8)30(9,10)37-33)19-25(17-21)35-26-18-22(28(4,5)6)16-24(20-26)34-38-31(11,12)32(13,14)39-34;/h7-22H,1-6H3;7-16,19-22H,1-6H3;15-20H,1-14H3;/q;-2;;+2. The van der Waals surface area contributed by atoms with Gasteiger partial charge in [0.2, 0.25) is 0 Å². The first-order valence-corrected chi connectivity index (χ1v) is 42.0. The van der Waals surface area contributed by atoms with Crippen molar-refractivity contribution in [1.29, 1.82) is 0 Å². The molecule has 14 aromatic rings. The average molecular weight is 1800 g/mol. The molecule has 2 fully saturated rings. The number of nitrogens with zero attached hydrogens (tertiary/aromatic N) is 8. The molecule has 2 aliphatic rings. The first-order chi connectivity index (χ1) is 56.6. The van der Waals surface area contributed by atoms with E-state index in [1.807, 2.05) is 133 Å². The number of benzene rings is 10. The van der Waals surface area contributed by atoms with Crippen LogP contribution in [0.2, 0.25) is 0 Å². The van der Waals surface area contributed by atoms with Crippen molar-refractivity contribution < 1.29 is 53.9 Å². The zero-order valence-corrected chi connectivity index (χ0v) is 78.0. The summed E-state index contributed by atoms with van der Waals surface area (Å²) in [5.74, 6) is 4.20. The van der Waals surface area contributed by atoms with Crippen molar-refractivity contribution in [2.75, 3.05) is 0 Å². The van der Waals surface area contributed by atoms with Gasteiger partial charge in [0.25, 0.3) is 0 Å². The van der Waals surface area contributed by atoms with Crippen LogP contribution in [-0.4, -0.2) is 77.4 Å². The zero-order valence-electron chi connectivity index (χ0n) is 75.7. The van der Waals surface area contributed by atoms with Crippen LogP contribution in [0.1, 0.15) is 213 Å². The Morgan fingerprint density at radius 2 is 0.508 bits per heavy atom. The molecule has 0 atom stereocenters. The van der Waals surface area contributed by atoms with E-state index in [4.69, 9.17) is 32.8 Å². The minimum absolute atomic E-state index is 0. The Labute approximate surface area is 736 Å². The molecule has 16 rings (SSSR count).